The van der Waals surface area contributed by atoms with Crippen LogP contribution in [-0.4, -0.2) is 31.7 Å². The van der Waals surface area contributed by atoms with Crippen LogP contribution in [0.4, 0.5) is 0 Å². The molecular weight excluding hydrogens is 202 g/mol. The van der Waals surface area contributed by atoms with Gasteiger partial charge in [-0.25, -0.2) is 0 Å². The first-order valence-electron chi connectivity index (χ1n) is 4.30. The molecule has 0 saturated heterocycles. The summed E-state index contributed by atoms with van der Waals surface area (Å²) in [7, 11) is 4.62. The van der Waals surface area contributed by atoms with Crippen molar-refractivity contribution in [2.24, 2.45) is 5.92 Å². The van der Waals surface area contributed by atoms with Gasteiger partial charge in [0.2, 0.25) is 0 Å². The number of hydrogen-bond donors (Lipinski definition) is 0. The third-order valence-corrected chi connectivity index (χ3v) is 1.69. The molecule has 0 bridgehead atoms. The Morgan fingerprint density at radius 1 is 1.18 bits per heavy atom. The summed E-state index contributed by atoms with van der Waals surface area (Å²) in [6, 6.07) is 0. The van der Waals surface area contributed by atoms with Gasteiger partial charge in [0.15, 0.2) is 0 Å². The summed E-state index contributed by atoms with van der Waals surface area (Å²) in [4.78, 5) is 0. The largest absolute Gasteiger partial charge is 1.00 e. The van der Waals surface area contributed by atoms with Crippen LogP contribution in [0.2, 0.25) is 0 Å². The van der Waals surface area contributed by atoms with Crippen LogP contribution in [0.3, 0.4) is 0 Å². The van der Waals surface area contributed by atoms with Crippen LogP contribution in [-0.2, 0) is 0 Å². The van der Waals surface area contributed by atoms with Crippen LogP contribution < -0.4 is 17.0 Å². The summed E-state index contributed by atoms with van der Waals surface area (Å²) >= 11 is 0. The standard InChI is InChI=1S/C9H22N.BrH/c1-6-7-10(4,5)8-9(2)3;/h9H,6-8H2,1-5H3;1H/q+1;/p-1. The normalized spacial score (nSPS) is 11.5. The maximum atomic E-state index is 2.31. The van der Waals surface area contributed by atoms with Crippen molar-refractivity contribution in [3.63, 3.8) is 0 Å². The Kier molecular flexibility index (Phi) is 7.65. The number of nitrogens with zero attached hydrogens (tertiary/aromatic N) is 1. The van der Waals surface area contributed by atoms with Gasteiger partial charge in [0.25, 0.3) is 0 Å². The highest BCUT2D eigenvalue weighted by molar-refractivity contribution is 4.40. The molecule has 0 aliphatic heterocycles. The minimum atomic E-state index is 0. The molecule has 0 spiro atoms. The fourth-order valence-electron chi connectivity index (χ4n) is 1.69. The number of halogens is 1. The average Bonchev–Trinajstić information content (AvgIpc) is 1.59. The molecule has 2 heteroatoms. The fourth-order valence-corrected chi connectivity index (χ4v) is 1.69. The summed E-state index contributed by atoms with van der Waals surface area (Å²) in [6.07, 6.45) is 1.29. The average molecular weight is 224 g/mol. The predicted molar refractivity (Wildman–Crippen MR) is 47.0 cm³/mol. The molecule has 0 aromatic carbocycles. The monoisotopic (exact) mass is 223 g/mol. The van der Waals surface area contributed by atoms with Gasteiger partial charge in [-0.3, -0.25) is 0 Å². The number of quaternary nitrogens is 1. The molecule has 0 rings (SSSR count). The molecule has 0 unspecified atom stereocenters. The zero-order chi connectivity index (χ0) is 8.20. The smallest absolute Gasteiger partial charge is 0.0805 e. The van der Waals surface area contributed by atoms with Gasteiger partial charge in [-0.05, 0) is 6.42 Å². The zero-order valence-corrected chi connectivity index (χ0v) is 10.1. The van der Waals surface area contributed by atoms with Crippen molar-refractivity contribution in [2.75, 3.05) is 27.2 Å². The van der Waals surface area contributed by atoms with Gasteiger partial charge in [-0.2, -0.15) is 0 Å². The van der Waals surface area contributed by atoms with Crippen LogP contribution in [0, 0.1) is 5.92 Å². The molecular formula is C9H22BrN. The number of hydrogen-bond acceptors (Lipinski definition) is 0. The molecule has 0 aromatic rings. The molecule has 0 saturated carbocycles. The van der Waals surface area contributed by atoms with E-state index < -0.39 is 0 Å². The third kappa shape index (κ3) is 8.35. The SMILES string of the molecule is CCC[N+](C)(C)CC(C)C.[Br-]. The molecule has 0 N–H and O–H groups in total. The first-order chi connectivity index (χ1) is 4.48. The first-order valence-corrected chi connectivity index (χ1v) is 4.30. The van der Waals surface area contributed by atoms with Crippen LogP contribution in [0.25, 0.3) is 0 Å². The van der Waals surface area contributed by atoms with Crippen molar-refractivity contribution in [3.8, 4) is 0 Å². The van der Waals surface area contributed by atoms with Gasteiger partial charge in [-0.1, -0.05) is 20.8 Å². The maximum absolute atomic E-state index is 2.31. The summed E-state index contributed by atoms with van der Waals surface area (Å²) in [6.45, 7) is 9.43. The van der Waals surface area contributed by atoms with E-state index in [4.69, 9.17) is 0 Å². The lowest BCUT2D eigenvalue weighted by molar-refractivity contribution is -0.893. The second kappa shape index (κ2) is 6.01. The third-order valence-electron chi connectivity index (χ3n) is 1.69. The molecule has 0 amide bonds. The highest BCUT2D eigenvalue weighted by Crippen LogP contribution is 2.04. The molecule has 0 aliphatic rings. The lowest BCUT2D eigenvalue weighted by Gasteiger charge is -2.31. The van der Waals surface area contributed by atoms with E-state index in [0.717, 1.165) is 5.92 Å². The van der Waals surface area contributed by atoms with Gasteiger partial charge in [0.05, 0.1) is 27.2 Å². The molecule has 0 atom stereocenters. The lowest BCUT2D eigenvalue weighted by atomic mass is 10.2. The molecule has 11 heavy (non-hydrogen) atoms. The number of rotatable bonds is 4. The van der Waals surface area contributed by atoms with Crippen molar-refractivity contribution >= 4 is 0 Å². The molecule has 0 heterocycles. The highest BCUT2D eigenvalue weighted by Gasteiger charge is 2.14. The summed E-state index contributed by atoms with van der Waals surface area (Å²) in [5, 5.41) is 0. The highest BCUT2D eigenvalue weighted by atomic mass is 79.9. The Bertz CT molecular complexity index is 89.6. The summed E-state index contributed by atoms with van der Waals surface area (Å²) in [5.74, 6) is 0.821. The first kappa shape index (κ1) is 14.0. The maximum Gasteiger partial charge on any atom is 0.0805 e. The zero-order valence-electron chi connectivity index (χ0n) is 8.52. The van der Waals surface area contributed by atoms with Crippen molar-refractivity contribution in [1.82, 2.24) is 0 Å². The summed E-state index contributed by atoms with van der Waals surface area (Å²) in [5.41, 5.74) is 0. The van der Waals surface area contributed by atoms with Crippen LogP contribution in [0.1, 0.15) is 27.2 Å². The van der Waals surface area contributed by atoms with E-state index in [1.165, 1.54) is 24.0 Å². The van der Waals surface area contributed by atoms with E-state index >= 15 is 0 Å². The van der Waals surface area contributed by atoms with E-state index in [1.807, 2.05) is 0 Å². The second-order valence-electron chi connectivity index (χ2n) is 4.24. The van der Waals surface area contributed by atoms with Crippen LogP contribution in [0.5, 0.6) is 0 Å². The Balaban J connectivity index is 0. The summed E-state index contributed by atoms with van der Waals surface area (Å²) < 4.78 is 1.17. The minimum absolute atomic E-state index is 0. The van der Waals surface area contributed by atoms with Crippen molar-refractivity contribution in [2.45, 2.75) is 27.2 Å². The molecule has 0 fully saturated rings. The minimum Gasteiger partial charge on any atom is -1.00 e. The molecule has 0 aliphatic carbocycles. The Morgan fingerprint density at radius 3 is 1.91 bits per heavy atom. The van der Waals surface area contributed by atoms with E-state index in [0.29, 0.717) is 0 Å². The molecule has 0 aromatic heterocycles. The second-order valence-corrected chi connectivity index (χ2v) is 4.24. The van der Waals surface area contributed by atoms with E-state index in [-0.39, 0.29) is 17.0 Å². The topological polar surface area (TPSA) is 0 Å². The predicted octanol–water partition coefficient (Wildman–Crippen LogP) is -0.867. The van der Waals surface area contributed by atoms with E-state index in [9.17, 15) is 0 Å². The van der Waals surface area contributed by atoms with Gasteiger partial charge >= 0.3 is 0 Å². The molecule has 0 radical (unpaired) electrons. The van der Waals surface area contributed by atoms with Gasteiger partial charge in [0, 0.05) is 5.92 Å². The van der Waals surface area contributed by atoms with Gasteiger partial charge in [0.1, 0.15) is 0 Å². The van der Waals surface area contributed by atoms with Crippen molar-refractivity contribution < 1.29 is 21.5 Å². The Hall–Kier alpha value is 0.440. The molecule has 70 valence electrons. The van der Waals surface area contributed by atoms with E-state index in [1.54, 1.807) is 0 Å². The van der Waals surface area contributed by atoms with Crippen LogP contribution >= 0.6 is 0 Å². The van der Waals surface area contributed by atoms with Crippen molar-refractivity contribution in [1.29, 1.82) is 0 Å². The Morgan fingerprint density at radius 2 is 1.64 bits per heavy atom. The van der Waals surface area contributed by atoms with E-state index in [2.05, 4.69) is 34.9 Å². The lowest BCUT2D eigenvalue weighted by Crippen LogP contribution is -3.00. The van der Waals surface area contributed by atoms with Crippen molar-refractivity contribution in [3.05, 3.63) is 0 Å². The fraction of sp³-hybridized carbons (Fsp3) is 1.00. The molecule has 1 nitrogen and oxygen atoms in total. The van der Waals surface area contributed by atoms with Crippen LogP contribution in [0.15, 0.2) is 0 Å². The van der Waals surface area contributed by atoms with Gasteiger partial charge in [-0.15, -0.1) is 0 Å². The quantitative estimate of drug-likeness (QED) is 0.545. The van der Waals surface area contributed by atoms with Gasteiger partial charge < -0.3 is 21.5 Å². The Labute approximate surface area is 82.1 Å².